The fourth-order valence-corrected chi connectivity index (χ4v) is 4.05. The molecule has 1 atom stereocenters. The summed E-state index contributed by atoms with van der Waals surface area (Å²) in [5.74, 6) is 1.18. The van der Waals surface area contributed by atoms with Gasteiger partial charge in [-0.25, -0.2) is 0 Å². The van der Waals surface area contributed by atoms with E-state index in [0.717, 1.165) is 24.9 Å². The zero-order chi connectivity index (χ0) is 17.1. The van der Waals surface area contributed by atoms with E-state index in [1.807, 2.05) is 23.1 Å². The second-order valence-electron chi connectivity index (χ2n) is 6.01. The Labute approximate surface area is 149 Å². The number of hydrogen-bond acceptors (Lipinski definition) is 6. The Kier molecular flexibility index (Phi) is 4.56. The highest BCUT2D eigenvalue weighted by Crippen LogP contribution is 2.34. The van der Waals surface area contributed by atoms with Crippen LogP contribution in [0.4, 0.5) is 0 Å². The minimum absolute atomic E-state index is 0.152. The first kappa shape index (κ1) is 16.0. The minimum atomic E-state index is 0.152. The van der Waals surface area contributed by atoms with Crippen LogP contribution in [0.2, 0.25) is 0 Å². The molecule has 128 valence electrons. The fourth-order valence-electron chi connectivity index (χ4n) is 3.17. The predicted molar refractivity (Wildman–Crippen MR) is 93.9 cm³/mol. The van der Waals surface area contributed by atoms with Crippen LogP contribution in [-0.2, 0) is 11.2 Å². The fraction of sp³-hybridized carbons (Fsp3) is 0.333. The Bertz CT molecular complexity index is 832. The van der Waals surface area contributed by atoms with Crippen molar-refractivity contribution in [3.8, 4) is 11.4 Å². The van der Waals surface area contributed by atoms with Crippen molar-refractivity contribution in [1.82, 2.24) is 20.0 Å². The van der Waals surface area contributed by atoms with Crippen molar-refractivity contribution in [2.45, 2.75) is 31.7 Å². The van der Waals surface area contributed by atoms with E-state index < -0.39 is 0 Å². The average Bonchev–Trinajstić information content (AvgIpc) is 3.41. The first-order valence-corrected chi connectivity index (χ1v) is 9.25. The van der Waals surface area contributed by atoms with Crippen molar-refractivity contribution < 1.29 is 9.32 Å². The second kappa shape index (κ2) is 7.14. The molecule has 25 heavy (non-hydrogen) atoms. The molecule has 3 aromatic rings. The summed E-state index contributed by atoms with van der Waals surface area (Å²) in [5.41, 5.74) is 0.855. The van der Waals surface area contributed by atoms with Gasteiger partial charge in [0.1, 0.15) is 0 Å². The molecule has 1 amide bonds. The Morgan fingerprint density at radius 1 is 1.32 bits per heavy atom. The number of thiophene rings is 1. The van der Waals surface area contributed by atoms with Gasteiger partial charge in [0.15, 0.2) is 0 Å². The van der Waals surface area contributed by atoms with Gasteiger partial charge in [0.2, 0.25) is 17.6 Å². The summed E-state index contributed by atoms with van der Waals surface area (Å²) in [6.07, 6.45) is 6.32. The summed E-state index contributed by atoms with van der Waals surface area (Å²) in [6.45, 7) is 0.827. The highest BCUT2D eigenvalue weighted by Gasteiger charge is 2.30. The number of pyridine rings is 1. The third kappa shape index (κ3) is 3.46. The smallest absolute Gasteiger partial charge is 0.227 e. The lowest BCUT2D eigenvalue weighted by molar-refractivity contribution is -0.132. The maximum atomic E-state index is 12.6. The van der Waals surface area contributed by atoms with Crippen LogP contribution < -0.4 is 0 Å². The summed E-state index contributed by atoms with van der Waals surface area (Å²) in [6, 6.07) is 8.04. The van der Waals surface area contributed by atoms with Gasteiger partial charge >= 0.3 is 0 Å². The number of aromatic nitrogens is 3. The number of carbonyl (C=O) groups is 1. The monoisotopic (exact) mass is 354 g/mol. The predicted octanol–water partition coefficient (Wildman–Crippen LogP) is 3.49. The van der Waals surface area contributed by atoms with Gasteiger partial charge in [-0.3, -0.25) is 9.78 Å². The third-order valence-corrected chi connectivity index (χ3v) is 5.38. The van der Waals surface area contributed by atoms with Gasteiger partial charge in [0, 0.05) is 42.2 Å². The molecule has 1 aliphatic heterocycles. The van der Waals surface area contributed by atoms with Crippen LogP contribution in [-0.4, -0.2) is 32.5 Å². The number of likely N-dealkylation sites (tertiary alicyclic amines) is 1. The lowest BCUT2D eigenvalue weighted by Gasteiger charge is -2.23. The zero-order valence-electron chi connectivity index (χ0n) is 13.7. The lowest BCUT2D eigenvalue weighted by atomic mass is 10.1. The van der Waals surface area contributed by atoms with Crippen LogP contribution in [0.3, 0.4) is 0 Å². The summed E-state index contributed by atoms with van der Waals surface area (Å²) in [5, 5.41) is 6.05. The van der Waals surface area contributed by atoms with E-state index in [-0.39, 0.29) is 11.9 Å². The molecule has 1 saturated heterocycles. The van der Waals surface area contributed by atoms with Gasteiger partial charge in [-0.2, -0.15) is 4.98 Å². The third-order valence-electron chi connectivity index (χ3n) is 4.40. The van der Waals surface area contributed by atoms with Gasteiger partial charge in [-0.05, 0) is 36.4 Å². The van der Waals surface area contributed by atoms with E-state index in [2.05, 4.69) is 26.6 Å². The Morgan fingerprint density at radius 2 is 2.20 bits per heavy atom. The first-order valence-electron chi connectivity index (χ1n) is 8.37. The molecule has 0 N–H and O–H groups in total. The van der Waals surface area contributed by atoms with Gasteiger partial charge < -0.3 is 9.42 Å². The number of aryl methyl sites for hydroxylation is 1. The standard InChI is InChI=1S/C18H18N4O2S/c23-17(22-11-1-3-14(22)15-4-2-12-25-15)6-5-16-20-18(21-24-16)13-7-9-19-10-8-13/h2,4,7-10,12,14H,1,3,5-6,11H2. The molecule has 6 nitrogen and oxygen atoms in total. The summed E-state index contributed by atoms with van der Waals surface area (Å²) < 4.78 is 5.28. The highest BCUT2D eigenvalue weighted by molar-refractivity contribution is 7.10. The lowest BCUT2D eigenvalue weighted by Crippen LogP contribution is -2.30. The summed E-state index contributed by atoms with van der Waals surface area (Å²) >= 11 is 1.72. The molecule has 0 bridgehead atoms. The van der Waals surface area contributed by atoms with E-state index in [0.29, 0.717) is 24.6 Å². The molecule has 0 radical (unpaired) electrons. The molecule has 0 aromatic carbocycles. The minimum Gasteiger partial charge on any atom is -0.339 e. The Morgan fingerprint density at radius 3 is 3.00 bits per heavy atom. The van der Waals surface area contributed by atoms with E-state index >= 15 is 0 Å². The zero-order valence-corrected chi connectivity index (χ0v) is 14.5. The molecule has 1 aliphatic rings. The number of rotatable bonds is 5. The largest absolute Gasteiger partial charge is 0.339 e. The van der Waals surface area contributed by atoms with Crippen LogP contribution in [0.15, 0.2) is 46.6 Å². The average molecular weight is 354 g/mol. The molecule has 4 rings (SSSR count). The van der Waals surface area contributed by atoms with Gasteiger partial charge in [0.25, 0.3) is 0 Å². The van der Waals surface area contributed by atoms with Crippen LogP contribution >= 0.6 is 11.3 Å². The second-order valence-corrected chi connectivity index (χ2v) is 6.99. The molecule has 1 fully saturated rings. The number of carbonyl (C=O) groups excluding carboxylic acids is 1. The van der Waals surface area contributed by atoms with Crippen LogP contribution in [0.5, 0.6) is 0 Å². The molecule has 0 spiro atoms. The quantitative estimate of drug-likeness (QED) is 0.701. The molecule has 3 aromatic heterocycles. The van der Waals surface area contributed by atoms with E-state index in [9.17, 15) is 4.79 Å². The van der Waals surface area contributed by atoms with Crippen molar-refractivity contribution in [3.05, 3.63) is 52.8 Å². The molecular formula is C18H18N4O2S. The topological polar surface area (TPSA) is 72.1 Å². The van der Waals surface area contributed by atoms with Crippen LogP contribution in [0.1, 0.15) is 36.1 Å². The SMILES string of the molecule is O=C(CCc1nc(-c2ccncc2)no1)N1CCCC1c1cccs1. The van der Waals surface area contributed by atoms with Gasteiger partial charge in [-0.15, -0.1) is 11.3 Å². The number of amides is 1. The molecule has 1 unspecified atom stereocenters. The van der Waals surface area contributed by atoms with E-state index in [1.165, 1.54) is 4.88 Å². The highest BCUT2D eigenvalue weighted by atomic mass is 32.1. The van der Waals surface area contributed by atoms with Gasteiger partial charge in [-0.1, -0.05) is 11.2 Å². The van der Waals surface area contributed by atoms with Crippen molar-refractivity contribution in [2.75, 3.05) is 6.54 Å². The number of hydrogen-bond donors (Lipinski definition) is 0. The Balaban J connectivity index is 1.38. The maximum absolute atomic E-state index is 12.6. The van der Waals surface area contributed by atoms with Gasteiger partial charge in [0.05, 0.1) is 6.04 Å². The van der Waals surface area contributed by atoms with E-state index in [4.69, 9.17) is 4.52 Å². The Hall–Kier alpha value is -2.54. The van der Waals surface area contributed by atoms with E-state index in [1.54, 1.807) is 23.7 Å². The first-order chi connectivity index (χ1) is 12.3. The molecule has 0 aliphatic carbocycles. The summed E-state index contributed by atoms with van der Waals surface area (Å²) in [7, 11) is 0. The molecule has 4 heterocycles. The molecule has 7 heteroatoms. The van der Waals surface area contributed by atoms with Crippen LogP contribution in [0, 0.1) is 0 Å². The maximum Gasteiger partial charge on any atom is 0.227 e. The van der Waals surface area contributed by atoms with Crippen molar-refractivity contribution in [3.63, 3.8) is 0 Å². The van der Waals surface area contributed by atoms with Crippen molar-refractivity contribution in [2.24, 2.45) is 0 Å². The normalized spacial score (nSPS) is 17.1. The number of nitrogens with zero attached hydrogens (tertiary/aromatic N) is 4. The molecule has 0 saturated carbocycles. The summed E-state index contributed by atoms with van der Waals surface area (Å²) in [4.78, 5) is 24.2. The van der Waals surface area contributed by atoms with Crippen molar-refractivity contribution in [1.29, 1.82) is 0 Å². The molecular weight excluding hydrogens is 336 g/mol. The van der Waals surface area contributed by atoms with Crippen LogP contribution in [0.25, 0.3) is 11.4 Å². The van der Waals surface area contributed by atoms with Crippen molar-refractivity contribution >= 4 is 17.2 Å².